The van der Waals surface area contributed by atoms with Crippen molar-refractivity contribution in [3.63, 3.8) is 0 Å². The highest BCUT2D eigenvalue weighted by Crippen LogP contribution is 2.32. The van der Waals surface area contributed by atoms with Crippen LogP contribution in [0, 0.1) is 0 Å². The quantitative estimate of drug-likeness (QED) is 0.0249. The average molecular weight is 921 g/mol. The van der Waals surface area contributed by atoms with Crippen molar-refractivity contribution in [3.8, 4) is 11.8 Å². The van der Waals surface area contributed by atoms with Crippen molar-refractivity contribution in [2.45, 2.75) is 39.5 Å². The number of hydrogen-bond acceptors (Lipinski definition) is 13. The number of aliphatic hydroxyl groups is 4. The van der Waals surface area contributed by atoms with E-state index in [1.807, 2.05) is 60.7 Å². The van der Waals surface area contributed by atoms with Crippen LogP contribution in [0.2, 0.25) is 0 Å². The molecule has 2 heterocycles. The molecule has 0 fully saturated rings. The molecule has 17 nitrogen and oxygen atoms in total. The minimum atomic E-state index is -0.868. The van der Waals surface area contributed by atoms with Crippen molar-refractivity contribution in [2.24, 2.45) is 9.98 Å². The number of fused-ring (bicyclic) bond motifs is 2. The summed E-state index contributed by atoms with van der Waals surface area (Å²) in [6.45, 7) is 5.09. The van der Waals surface area contributed by atoms with Crippen LogP contribution in [0.3, 0.4) is 0 Å². The first-order valence-electron chi connectivity index (χ1n) is 21.9. The van der Waals surface area contributed by atoms with Crippen molar-refractivity contribution in [1.29, 1.82) is 0 Å². The Balaban J connectivity index is 0.000000260. The van der Waals surface area contributed by atoms with Crippen molar-refractivity contribution in [3.05, 3.63) is 130 Å². The van der Waals surface area contributed by atoms with Gasteiger partial charge in [0, 0.05) is 96.2 Å². The van der Waals surface area contributed by atoms with E-state index in [9.17, 15) is 29.4 Å². The molecular formula is C50H60N6O11. The largest absolute Gasteiger partial charge is 0.494 e. The molecule has 0 bridgehead atoms. The van der Waals surface area contributed by atoms with Crippen LogP contribution in [0.4, 0.5) is 0 Å². The molecule has 2 aromatic heterocycles. The van der Waals surface area contributed by atoms with E-state index >= 15 is 0 Å². The molecule has 6 aromatic rings. The number of aromatic nitrogens is 2. The number of carboxylic acid groups (broad SMARTS) is 1. The number of aliphatic imine (C=N–C) groups is 2. The van der Waals surface area contributed by atoms with Gasteiger partial charge in [0.05, 0.1) is 49.0 Å². The lowest BCUT2D eigenvalue weighted by Crippen LogP contribution is -2.35. The zero-order chi connectivity index (χ0) is 48.7. The normalized spacial score (nSPS) is 11.4. The predicted molar refractivity (Wildman–Crippen MR) is 258 cm³/mol. The number of nitrogens with zero attached hydrogens (tertiary/aromatic N) is 3. The van der Waals surface area contributed by atoms with Crippen LogP contribution < -0.4 is 5.32 Å². The number of Topliss-reactive ketones (excluding diaryl/α,β-unsaturated/α-hetero) is 2. The highest BCUT2D eigenvalue weighted by atomic mass is 16.4. The molecule has 0 saturated carbocycles. The van der Waals surface area contributed by atoms with Crippen LogP contribution in [0.1, 0.15) is 82.5 Å². The highest BCUT2D eigenvalue weighted by molar-refractivity contribution is 6.22. The Kier molecular flexibility index (Phi) is 21.6. The number of aliphatic carboxylic acids is 1. The van der Waals surface area contributed by atoms with Crippen LogP contribution in [0.5, 0.6) is 11.8 Å². The Morgan fingerprint density at radius 2 is 0.985 bits per heavy atom. The van der Waals surface area contributed by atoms with Crippen molar-refractivity contribution < 1.29 is 54.9 Å². The predicted octanol–water partition coefficient (Wildman–Crippen LogP) is 4.85. The van der Waals surface area contributed by atoms with E-state index in [2.05, 4.69) is 20.3 Å². The van der Waals surface area contributed by atoms with E-state index in [0.717, 1.165) is 11.1 Å². The summed E-state index contributed by atoms with van der Waals surface area (Å²) in [4.78, 5) is 63.4. The third-order valence-electron chi connectivity index (χ3n) is 10.2. The van der Waals surface area contributed by atoms with Crippen LogP contribution in [-0.4, -0.2) is 151 Å². The summed E-state index contributed by atoms with van der Waals surface area (Å²) in [7, 11) is 0. The third kappa shape index (κ3) is 15.5. The first-order chi connectivity index (χ1) is 32.3. The van der Waals surface area contributed by atoms with Crippen molar-refractivity contribution in [1.82, 2.24) is 20.2 Å². The SMILES string of the molecule is CC(=O)c1ccc2[nH]c(O)c(C(=NCCCC(=O)N(CCO)CCO)c3ccccc3)c2c1.CC(=O)c1ccc2[nH]c(O)c(C(=NCCCC(=O)O)c3ccccc3)c2c1.OCCNCCO. The monoisotopic (exact) mass is 920 g/mol. The first-order valence-corrected chi connectivity index (χ1v) is 21.9. The molecule has 0 aliphatic heterocycles. The van der Waals surface area contributed by atoms with Crippen LogP contribution >= 0.6 is 0 Å². The lowest BCUT2D eigenvalue weighted by molar-refractivity contribution is -0.137. The first kappa shape index (κ1) is 52.6. The van der Waals surface area contributed by atoms with Gasteiger partial charge >= 0.3 is 5.97 Å². The standard InChI is InChI=1S/C25H29N3O5.C21H20N2O4.C4H11NO2/c1-17(31)19-9-10-21-20(16-19)23(25(33)27-21)24(18-6-3-2-4-7-18)26-11-5-8-22(32)28(12-14-29)13-15-30;1-13(24)15-9-10-17-16(12-15)19(21(27)23-17)20(14-6-3-2-4-7-14)22-11-5-8-18(25)26;6-3-1-5-2-4-7/h2-4,6-7,9-10,16,27,29-30,33H,5,8,11-15H2,1H3;2-4,6-7,9-10,12,23,27H,5,8,11H2,1H3,(H,25,26);5-7H,1-4H2. The molecule has 17 heteroatoms. The van der Waals surface area contributed by atoms with E-state index in [1.54, 1.807) is 36.4 Å². The number of H-pyrrole nitrogens is 2. The van der Waals surface area contributed by atoms with Crippen LogP contribution in [0.15, 0.2) is 107 Å². The van der Waals surface area contributed by atoms with Gasteiger partial charge in [-0.1, -0.05) is 60.7 Å². The smallest absolute Gasteiger partial charge is 0.303 e. The third-order valence-corrected chi connectivity index (χ3v) is 10.2. The van der Waals surface area contributed by atoms with E-state index in [0.29, 0.717) is 94.5 Å². The number of hydrogen-bond donors (Lipinski definition) is 10. The van der Waals surface area contributed by atoms with Crippen molar-refractivity contribution >= 4 is 56.7 Å². The van der Waals surface area contributed by atoms with Gasteiger partial charge in [0.25, 0.3) is 0 Å². The van der Waals surface area contributed by atoms with Gasteiger partial charge in [-0.05, 0) is 63.1 Å². The number of amides is 1. The molecule has 0 radical (unpaired) electrons. The summed E-state index contributed by atoms with van der Waals surface area (Å²) in [6, 6.07) is 29.2. The summed E-state index contributed by atoms with van der Waals surface area (Å²) in [5, 5.41) is 68.7. The van der Waals surface area contributed by atoms with Gasteiger partial charge in [0.2, 0.25) is 5.91 Å². The summed E-state index contributed by atoms with van der Waals surface area (Å²) in [5.74, 6) is -1.24. The second kappa shape index (κ2) is 27.5. The zero-order valence-corrected chi connectivity index (χ0v) is 37.7. The number of aliphatic hydroxyl groups excluding tert-OH is 4. The lowest BCUT2D eigenvalue weighted by Gasteiger charge is -2.20. The second-order valence-electron chi connectivity index (χ2n) is 15.1. The number of nitrogens with one attached hydrogen (secondary N) is 3. The molecule has 6 rings (SSSR count). The fraction of sp³-hybridized carbons (Fsp3) is 0.320. The van der Waals surface area contributed by atoms with Crippen LogP contribution in [0.25, 0.3) is 21.8 Å². The molecule has 67 heavy (non-hydrogen) atoms. The molecule has 0 aliphatic carbocycles. The Hall–Kier alpha value is -7.02. The van der Waals surface area contributed by atoms with E-state index in [1.165, 1.54) is 18.7 Å². The van der Waals surface area contributed by atoms with E-state index in [-0.39, 0.29) is 81.6 Å². The summed E-state index contributed by atoms with van der Waals surface area (Å²) in [5.41, 5.74) is 6.21. The Morgan fingerprint density at radius 1 is 0.567 bits per heavy atom. The summed E-state index contributed by atoms with van der Waals surface area (Å²) in [6.07, 6.45) is 1.11. The number of benzene rings is 4. The summed E-state index contributed by atoms with van der Waals surface area (Å²) >= 11 is 0. The lowest BCUT2D eigenvalue weighted by atomic mass is 9.99. The molecule has 0 saturated heterocycles. The molecule has 0 unspecified atom stereocenters. The Labute approximate surface area is 388 Å². The molecule has 0 aliphatic rings. The number of aromatic amines is 2. The van der Waals surface area contributed by atoms with Gasteiger partial charge in [-0.25, -0.2) is 0 Å². The molecule has 0 atom stereocenters. The van der Waals surface area contributed by atoms with Gasteiger partial charge in [-0.2, -0.15) is 0 Å². The topological polar surface area (TPSA) is 281 Å². The fourth-order valence-electron chi connectivity index (χ4n) is 6.98. The van der Waals surface area contributed by atoms with Gasteiger partial charge in [-0.15, -0.1) is 0 Å². The maximum Gasteiger partial charge on any atom is 0.303 e. The number of carbonyl (C=O) groups is 4. The van der Waals surface area contributed by atoms with Crippen molar-refractivity contribution in [2.75, 3.05) is 65.7 Å². The summed E-state index contributed by atoms with van der Waals surface area (Å²) < 4.78 is 0. The highest BCUT2D eigenvalue weighted by Gasteiger charge is 2.21. The zero-order valence-electron chi connectivity index (χ0n) is 37.7. The molecular weight excluding hydrogens is 861 g/mol. The average Bonchev–Trinajstić information content (AvgIpc) is 3.83. The molecule has 1 amide bonds. The maximum atomic E-state index is 12.4. The van der Waals surface area contributed by atoms with Gasteiger partial charge in [0.15, 0.2) is 23.3 Å². The minimum absolute atomic E-state index is 0.0277. The second-order valence-corrected chi connectivity index (χ2v) is 15.1. The minimum Gasteiger partial charge on any atom is -0.494 e. The van der Waals surface area contributed by atoms with Crippen LogP contribution in [-0.2, 0) is 9.59 Å². The number of carboxylic acids is 1. The molecule has 4 aromatic carbocycles. The number of rotatable bonds is 22. The number of aromatic hydroxyl groups is 2. The maximum absolute atomic E-state index is 12.4. The van der Waals surface area contributed by atoms with Gasteiger partial charge in [-0.3, -0.25) is 29.2 Å². The number of ketones is 2. The molecule has 0 spiro atoms. The fourth-order valence-corrected chi connectivity index (χ4v) is 6.98. The Morgan fingerprint density at radius 3 is 1.36 bits per heavy atom. The Bertz CT molecular complexity index is 2600. The van der Waals surface area contributed by atoms with Gasteiger partial charge in [0.1, 0.15) is 0 Å². The number of carbonyl (C=O) groups excluding carboxylic acids is 3. The molecule has 356 valence electrons. The molecule has 10 N–H and O–H groups in total. The van der Waals surface area contributed by atoms with E-state index in [4.69, 9.17) is 30.5 Å². The van der Waals surface area contributed by atoms with E-state index < -0.39 is 5.97 Å². The van der Waals surface area contributed by atoms with Gasteiger partial charge < -0.3 is 55.9 Å².